The van der Waals surface area contributed by atoms with E-state index in [-0.39, 0.29) is 0 Å². The average Bonchev–Trinajstić information content (AvgIpc) is 1.60. The summed E-state index contributed by atoms with van der Waals surface area (Å²) >= 11 is 0. The molecule has 9 heavy (non-hydrogen) atoms. The molecular weight excluding hydrogens is 142 g/mol. The summed E-state index contributed by atoms with van der Waals surface area (Å²) in [5.74, 6) is 0.401. The minimum atomic E-state index is -2.63. The Hall–Kier alpha value is -0.130. The first-order valence-corrected chi connectivity index (χ1v) is 3.86. The first-order valence-electron chi connectivity index (χ1n) is 2.77. The molecule has 0 aromatic carbocycles. The van der Waals surface area contributed by atoms with Crippen molar-refractivity contribution in [3.05, 3.63) is 0 Å². The third-order valence-electron chi connectivity index (χ3n) is 1.28. The lowest BCUT2D eigenvalue weighted by molar-refractivity contribution is 0.210. The lowest BCUT2D eigenvalue weighted by atomic mass is 10.1. The van der Waals surface area contributed by atoms with Crippen molar-refractivity contribution in [3.8, 4) is 0 Å². The van der Waals surface area contributed by atoms with E-state index in [4.69, 9.17) is 0 Å². The Kier molecular flexibility index (Phi) is 2.44. The van der Waals surface area contributed by atoms with Gasteiger partial charge in [-0.2, -0.15) is 0 Å². The van der Waals surface area contributed by atoms with Crippen LogP contribution in [0.2, 0.25) is 0 Å². The van der Waals surface area contributed by atoms with Gasteiger partial charge in [-0.15, -0.1) is 0 Å². The van der Waals surface area contributed by atoms with Crippen LogP contribution in [0.5, 0.6) is 0 Å². The second-order valence-corrected chi connectivity index (χ2v) is 2.75. The van der Waals surface area contributed by atoms with Crippen LogP contribution in [0, 0.1) is 5.92 Å². The fourth-order valence-electron chi connectivity index (χ4n) is 0.633. The van der Waals surface area contributed by atoms with Gasteiger partial charge >= 0.3 is 0 Å². The Bertz CT molecular complexity index is 144. The Morgan fingerprint density at radius 3 is 2.56 bits per heavy atom. The van der Waals surface area contributed by atoms with Crippen molar-refractivity contribution in [1.29, 1.82) is 0 Å². The summed E-state index contributed by atoms with van der Waals surface area (Å²) in [6, 6.07) is 0. The Morgan fingerprint density at radius 2 is 2.22 bits per heavy atom. The van der Waals surface area contributed by atoms with Gasteiger partial charge in [0, 0.05) is 19.0 Å². The zero-order chi connectivity index (χ0) is 6.69. The van der Waals surface area contributed by atoms with E-state index >= 15 is 0 Å². The topological polar surface area (TPSA) is 55.4 Å². The fourth-order valence-corrected chi connectivity index (χ4v) is 0.965. The molecule has 1 saturated heterocycles. The Labute approximate surface area is 55.4 Å². The highest BCUT2D eigenvalue weighted by atomic mass is 32.2. The van der Waals surface area contributed by atoms with E-state index in [1.165, 1.54) is 0 Å². The third kappa shape index (κ3) is 2.30. The molecule has 0 amide bonds. The first-order chi connectivity index (χ1) is 4.29. The minimum absolute atomic E-state index is 0.339. The predicted octanol–water partition coefficient (Wildman–Crippen LogP) is -1.25. The van der Waals surface area contributed by atoms with Gasteiger partial charge in [0.1, 0.15) is 0 Å². The molecule has 0 aromatic heterocycles. The highest BCUT2D eigenvalue weighted by Crippen LogP contribution is 2.01. The van der Waals surface area contributed by atoms with Gasteiger partial charge in [0.15, 0.2) is 0 Å². The molecule has 1 aliphatic heterocycles. The number of hydrogen-bond acceptors (Lipinski definition) is 4. The van der Waals surface area contributed by atoms with Gasteiger partial charge in [0.2, 0.25) is 0 Å². The monoisotopic (exact) mass is 151 g/mol. The Balaban J connectivity index is 2.04. The van der Waals surface area contributed by atoms with Crippen molar-refractivity contribution >= 4 is 11.0 Å². The summed E-state index contributed by atoms with van der Waals surface area (Å²) in [4.78, 5) is 0. The maximum absolute atomic E-state index is 9.84. The predicted molar refractivity (Wildman–Crippen MR) is 32.6 cm³/mol. The molecule has 0 bridgehead atoms. The van der Waals surface area contributed by atoms with Gasteiger partial charge in [-0.05, 0) is 0 Å². The molecule has 4 nitrogen and oxygen atoms in total. The summed E-state index contributed by atoms with van der Waals surface area (Å²) in [6.45, 7) is 2.10. The molecule has 1 rings (SSSR count). The van der Waals surface area contributed by atoms with Crippen LogP contribution < -0.4 is 5.32 Å². The normalized spacial score (nSPS) is 20.1. The maximum Gasteiger partial charge on any atom is 0.257 e. The number of nitrogens with one attached hydrogen (secondary N) is 1. The number of thiol groups is 1. The van der Waals surface area contributed by atoms with E-state index < -0.39 is 11.0 Å². The molecule has 0 aromatic rings. The van der Waals surface area contributed by atoms with Gasteiger partial charge < -0.3 is 5.32 Å². The van der Waals surface area contributed by atoms with Crippen LogP contribution in [0.3, 0.4) is 0 Å². The van der Waals surface area contributed by atoms with Crippen LogP contribution in [0.4, 0.5) is 0 Å². The van der Waals surface area contributed by atoms with Crippen LogP contribution >= 0.6 is 0 Å². The Morgan fingerprint density at radius 1 is 1.56 bits per heavy atom. The van der Waals surface area contributed by atoms with E-state index in [0.717, 1.165) is 13.1 Å². The minimum Gasteiger partial charge on any atom is -0.316 e. The molecule has 0 spiro atoms. The van der Waals surface area contributed by atoms with E-state index in [9.17, 15) is 8.42 Å². The van der Waals surface area contributed by atoms with Crippen molar-refractivity contribution in [2.45, 2.75) is 0 Å². The molecule has 1 fully saturated rings. The van der Waals surface area contributed by atoms with E-state index in [1.807, 2.05) is 0 Å². The lowest BCUT2D eigenvalue weighted by Crippen LogP contribution is -2.44. The van der Waals surface area contributed by atoms with Crippen molar-refractivity contribution in [2.75, 3.05) is 19.7 Å². The molecule has 0 aliphatic carbocycles. The third-order valence-corrected chi connectivity index (χ3v) is 1.64. The van der Waals surface area contributed by atoms with Gasteiger partial charge in [0.05, 0.1) is 6.61 Å². The van der Waals surface area contributed by atoms with E-state index in [2.05, 4.69) is 9.50 Å². The summed E-state index contributed by atoms with van der Waals surface area (Å²) in [5.41, 5.74) is 0. The SMILES string of the molecule is O=[SH](=O)OCC1CNC1. The van der Waals surface area contributed by atoms with Crippen LogP contribution in [0.15, 0.2) is 0 Å². The smallest absolute Gasteiger partial charge is 0.257 e. The zero-order valence-corrected chi connectivity index (χ0v) is 5.77. The van der Waals surface area contributed by atoms with Gasteiger partial charge in [-0.25, -0.2) is 8.42 Å². The number of hydrogen-bond donors (Lipinski definition) is 2. The molecular formula is C4H9NO3S. The van der Waals surface area contributed by atoms with Crippen molar-refractivity contribution in [1.82, 2.24) is 5.32 Å². The lowest BCUT2D eigenvalue weighted by Gasteiger charge is -2.25. The van der Waals surface area contributed by atoms with Gasteiger partial charge in [0.25, 0.3) is 11.0 Å². The van der Waals surface area contributed by atoms with E-state index in [0.29, 0.717) is 12.5 Å². The molecule has 54 valence electrons. The van der Waals surface area contributed by atoms with Crippen LogP contribution in [-0.2, 0) is 15.2 Å². The average molecular weight is 151 g/mol. The van der Waals surface area contributed by atoms with Crippen LogP contribution in [-0.4, -0.2) is 28.1 Å². The largest absolute Gasteiger partial charge is 0.316 e. The van der Waals surface area contributed by atoms with Crippen molar-refractivity contribution in [3.63, 3.8) is 0 Å². The number of rotatable bonds is 3. The highest BCUT2D eigenvalue weighted by Gasteiger charge is 2.16. The van der Waals surface area contributed by atoms with E-state index in [1.54, 1.807) is 0 Å². The van der Waals surface area contributed by atoms with Crippen LogP contribution in [0.1, 0.15) is 0 Å². The zero-order valence-electron chi connectivity index (χ0n) is 4.87. The maximum atomic E-state index is 9.84. The summed E-state index contributed by atoms with van der Waals surface area (Å²) in [6.07, 6.45) is 0. The second kappa shape index (κ2) is 3.14. The molecule has 5 heteroatoms. The summed E-state index contributed by atoms with van der Waals surface area (Å²) in [7, 11) is -2.63. The van der Waals surface area contributed by atoms with Crippen LogP contribution in [0.25, 0.3) is 0 Å². The quantitative estimate of drug-likeness (QED) is 0.495. The molecule has 1 aliphatic rings. The molecule has 1 heterocycles. The van der Waals surface area contributed by atoms with Crippen molar-refractivity contribution in [2.24, 2.45) is 5.92 Å². The molecule has 0 saturated carbocycles. The fraction of sp³-hybridized carbons (Fsp3) is 1.00. The molecule has 0 atom stereocenters. The van der Waals surface area contributed by atoms with Gasteiger partial charge in [-0.3, -0.25) is 4.18 Å². The summed E-state index contributed by atoms with van der Waals surface area (Å²) < 4.78 is 24.0. The second-order valence-electron chi connectivity index (χ2n) is 2.04. The molecule has 0 radical (unpaired) electrons. The molecule has 0 unspecified atom stereocenters. The van der Waals surface area contributed by atoms with Crippen molar-refractivity contribution < 1.29 is 12.6 Å². The standard InChI is InChI=1S/C4H9NO3S/c6-9(7)8-3-4-1-5-2-4/h4-5,9H,1-3H2. The molecule has 1 N–H and O–H groups in total. The highest BCUT2D eigenvalue weighted by molar-refractivity contribution is 7.67. The first kappa shape index (κ1) is 6.98. The van der Waals surface area contributed by atoms with Gasteiger partial charge in [-0.1, -0.05) is 0 Å². The summed E-state index contributed by atoms with van der Waals surface area (Å²) in [5, 5.41) is 3.01.